The Bertz CT molecular complexity index is 1100. The Morgan fingerprint density at radius 1 is 1.23 bits per heavy atom. The Morgan fingerprint density at radius 3 is 2.74 bits per heavy atom. The number of methoxy groups -OCH3 is 2. The van der Waals surface area contributed by atoms with Crippen molar-refractivity contribution in [2.75, 3.05) is 26.5 Å². The number of rotatable bonds is 7. The van der Waals surface area contributed by atoms with Gasteiger partial charge in [0.2, 0.25) is 0 Å². The summed E-state index contributed by atoms with van der Waals surface area (Å²) in [7, 11) is 3.10. The van der Waals surface area contributed by atoms with E-state index in [-0.39, 0.29) is 23.8 Å². The minimum Gasteiger partial charge on any atom is -0.382 e. The van der Waals surface area contributed by atoms with E-state index in [0.717, 1.165) is 0 Å². The standard InChI is InChI=1S/C20H22N6O5/c1-29-15-13(7-22-19(28)12-6-4-3-5-11(12)8-27)31-20(16(15)30-2)26-10-25-14-17(21)23-9-24-18(14)26/h3-6,8-10,13,15-16,20H,7H2,1-2H3,(H,22,28)(H2,21,23,24)/t13-,15?,16?,20-/m1/s1. The zero-order chi connectivity index (χ0) is 22.0. The Kier molecular flexibility index (Phi) is 5.89. The van der Waals surface area contributed by atoms with Gasteiger partial charge in [0.25, 0.3) is 5.91 Å². The van der Waals surface area contributed by atoms with Crippen LogP contribution >= 0.6 is 0 Å². The molecule has 0 saturated carbocycles. The molecule has 162 valence electrons. The lowest BCUT2D eigenvalue weighted by atomic mass is 10.1. The molecule has 3 aromatic rings. The molecular formula is C20H22N6O5. The van der Waals surface area contributed by atoms with Gasteiger partial charge < -0.3 is 25.3 Å². The summed E-state index contributed by atoms with van der Waals surface area (Å²) in [5.41, 5.74) is 7.43. The minimum absolute atomic E-state index is 0.143. The molecule has 3 N–H and O–H groups in total. The number of ether oxygens (including phenoxy) is 3. The van der Waals surface area contributed by atoms with E-state index in [0.29, 0.717) is 23.0 Å². The fourth-order valence-corrected chi connectivity index (χ4v) is 3.78. The van der Waals surface area contributed by atoms with Crippen LogP contribution in [0.3, 0.4) is 0 Å². The summed E-state index contributed by atoms with van der Waals surface area (Å²) in [6.07, 6.45) is 1.44. The van der Waals surface area contributed by atoms with Crippen LogP contribution in [0.2, 0.25) is 0 Å². The van der Waals surface area contributed by atoms with E-state index in [9.17, 15) is 9.59 Å². The second-order valence-corrected chi connectivity index (χ2v) is 6.96. The Hall–Kier alpha value is -3.41. The average molecular weight is 426 g/mol. The van der Waals surface area contributed by atoms with E-state index >= 15 is 0 Å². The molecule has 11 heteroatoms. The largest absolute Gasteiger partial charge is 0.382 e. The summed E-state index contributed by atoms with van der Waals surface area (Å²) >= 11 is 0. The number of nitrogens with one attached hydrogen (secondary N) is 1. The number of hydrogen-bond donors (Lipinski definition) is 2. The summed E-state index contributed by atoms with van der Waals surface area (Å²) in [4.78, 5) is 36.3. The number of nitrogens with zero attached hydrogens (tertiary/aromatic N) is 4. The van der Waals surface area contributed by atoms with E-state index in [1.165, 1.54) is 6.33 Å². The number of imidazole rings is 1. The molecule has 4 rings (SSSR count). The molecule has 11 nitrogen and oxygen atoms in total. The van der Waals surface area contributed by atoms with Gasteiger partial charge in [-0.05, 0) is 6.07 Å². The number of carbonyl (C=O) groups is 2. The Balaban J connectivity index is 1.55. The molecule has 0 spiro atoms. The highest BCUT2D eigenvalue weighted by Gasteiger charge is 2.47. The molecule has 0 bridgehead atoms. The normalized spacial score (nSPS) is 23.2. The molecule has 1 aliphatic rings. The molecule has 1 saturated heterocycles. The molecular weight excluding hydrogens is 404 g/mol. The number of nitrogens with two attached hydrogens (primary N) is 1. The van der Waals surface area contributed by atoms with Crippen LogP contribution in [0.25, 0.3) is 11.2 Å². The van der Waals surface area contributed by atoms with Crippen molar-refractivity contribution in [3.8, 4) is 0 Å². The number of fused-ring (bicyclic) bond motifs is 1. The molecule has 2 unspecified atom stereocenters. The third-order valence-electron chi connectivity index (χ3n) is 5.29. The van der Waals surface area contributed by atoms with Crippen molar-refractivity contribution in [1.82, 2.24) is 24.8 Å². The topological polar surface area (TPSA) is 143 Å². The molecule has 0 radical (unpaired) electrons. The lowest BCUT2D eigenvalue weighted by Crippen LogP contribution is -2.41. The predicted octanol–water partition coefficient (Wildman–Crippen LogP) is 0.578. The quantitative estimate of drug-likeness (QED) is 0.518. The molecule has 0 aliphatic carbocycles. The van der Waals surface area contributed by atoms with Gasteiger partial charge in [-0.3, -0.25) is 14.2 Å². The fraction of sp³-hybridized carbons (Fsp3) is 0.350. The summed E-state index contributed by atoms with van der Waals surface area (Å²) in [5.74, 6) is -0.121. The zero-order valence-electron chi connectivity index (χ0n) is 17.0. The lowest BCUT2D eigenvalue weighted by Gasteiger charge is -2.22. The summed E-state index contributed by atoms with van der Waals surface area (Å²) in [6.45, 7) is 0.143. The van der Waals surface area contributed by atoms with Crippen LogP contribution in [0.5, 0.6) is 0 Å². The fourth-order valence-electron chi connectivity index (χ4n) is 3.78. The summed E-state index contributed by atoms with van der Waals surface area (Å²) in [5, 5.41) is 2.81. The summed E-state index contributed by atoms with van der Waals surface area (Å²) in [6, 6.07) is 6.56. The molecule has 1 amide bonds. The first-order valence-corrected chi connectivity index (χ1v) is 9.55. The molecule has 3 heterocycles. The van der Waals surface area contributed by atoms with Crippen LogP contribution in [0, 0.1) is 0 Å². The van der Waals surface area contributed by atoms with Crippen LogP contribution in [0.4, 0.5) is 5.82 Å². The number of aromatic nitrogens is 4. The Labute approximate surface area is 177 Å². The van der Waals surface area contributed by atoms with E-state index in [1.54, 1.807) is 49.4 Å². The second kappa shape index (κ2) is 8.76. The van der Waals surface area contributed by atoms with Crippen molar-refractivity contribution in [3.63, 3.8) is 0 Å². The van der Waals surface area contributed by atoms with Gasteiger partial charge in [0, 0.05) is 31.9 Å². The Morgan fingerprint density at radius 2 is 2.00 bits per heavy atom. The first-order chi connectivity index (χ1) is 15.1. The summed E-state index contributed by atoms with van der Waals surface area (Å²) < 4.78 is 19.2. The van der Waals surface area contributed by atoms with Crippen LogP contribution in [-0.4, -0.2) is 70.8 Å². The molecule has 2 aromatic heterocycles. The number of benzene rings is 1. The van der Waals surface area contributed by atoms with Gasteiger partial charge in [-0.1, -0.05) is 18.2 Å². The zero-order valence-corrected chi connectivity index (χ0v) is 17.0. The van der Waals surface area contributed by atoms with Crippen molar-refractivity contribution in [2.45, 2.75) is 24.5 Å². The second-order valence-electron chi connectivity index (χ2n) is 6.96. The van der Waals surface area contributed by atoms with Gasteiger partial charge in [0.05, 0.1) is 6.33 Å². The van der Waals surface area contributed by atoms with Gasteiger partial charge in [-0.25, -0.2) is 15.0 Å². The van der Waals surface area contributed by atoms with Gasteiger partial charge in [0.15, 0.2) is 24.0 Å². The minimum atomic E-state index is -0.613. The number of amides is 1. The smallest absolute Gasteiger partial charge is 0.252 e. The van der Waals surface area contributed by atoms with E-state index in [2.05, 4.69) is 20.3 Å². The van der Waals surface area contributed by atoms with Crippen LogP contribution in [0.15, 0.2) is 36.9 Å². The number of hydrogen-bond acceptors (Lipinski definition) is 9. The van der Waals surface area contributed by atoms with E-state index < -0.39 is 24.5 Å². The molecule has 1 aromatic carbocycles. The highest BCUT2D eigenvalue weighted by Crippen LogP contribution is 2.34. The van der Waals surface area contributed by atoms with Crippen molar-refractivity contribution >= 4 is 29.2 Å². The predicted molar refractivity (Wildman–Crippen MR) is 109 cm³/mol. The molecule has 4 atom stereocenters. The van der Waals surface area contributed by atoms with Crippen molar-refractivity contribution in [1.29, 1.82) is 0 Å². The van der Waals surface area contributed by atoms with Gasteiger partial charge in [-0.15, -0.1) is 0 Å². The third kappa shape index (κ3) is 3.74. The number of aldehydes is 1. The van der Waals surface area contributed by atoms with E-state index in [1.807, 2.05) is 0 Å². The third-order valence-corrected chi connectivity index (χ3v) is 5.29. The lowest BCUT2D eigenvalue weighted by molar-refractivity contribution is -0.0513. The number of anilines is 1. The SMILES string of the molecule is COC1C(OC)[C@@H](CNC(=O)c2ccccc2C=O)O[C@H]1n1cnc2c(N)ncnc21. The molecule has 1 aliphatic heterocycles. The molecule has 1 fully saturated rings. The first-order valence-electron chi connectivity index (χ1n) is 9.55. The van der Waals surface area contributed by atoms with Gasteiger partial charge in [-0.2, -0.15) is 0 Å². The van der Waals surface area contributed by atoms with Crippen molar-refractivity contribution < 1.29 is 23.8 Å². The van der Waals surface area contributed by atoms with Crippen LogP contribution in [0.1, 0.15) is 26.9 Å². The highest BCUT2D eigenvalue weighted by molar-refractivity contribution is 6.01. The number of carbonyl (C=O) groups excluding carboxylic acids is 2. The van der Waals surface area contributed by atoms with Crippen LogP contribution < -0.4 is 11.1 Å². The number of nitrogen functional groups attached to an aromatic ring is 1. The maximum Gasteiger partial charge on any atom is 0.252 e. The monoisotopic (exact) mass is 426 g/mol. The average Bonchev–Trinajstić information content (AvgIpc) is 3.38. The van der Waals surface area contributed by atoms with E-state index in [4.69, 9.17) is 19.9 Å². The highest BCUT2D eigenvalue weighted by atomic mass is 16.6. The maximum atomic E-state index is 12.6. The van der Waals surface area contributed by atoms with Gasteiger partial charge >= 0.3 is 0 Å². The molecule has 31 heavy (non-hydrogen) atoms. The van der Waals surface area contributed by atoms with Crippen LogP contribution in [-0.2, 0) is 14.2 Å². The first kappa shape index (κ1) is 20.8. The van der Waals surface area contributed by atoms with Crippen molar-refractivity contribution in [2.24, 2.45) is 0 Å². The van der Waals surface area contributed by atoms with Crippen molar-refractivity contribution in [3.05, 3.63) is 48.0 Å². The maximum absolute atomic E-state index is 12.6. The van der Waals surface area contributed by atoms with Gasteiger partial charge in [0.1, 0.15) is 30.2 Å².